The van der Waals surface area contributed by atoms with Crippen LogP contribution >= 0.6 is 0 Å². The highest BCUT2D eigenvalue weighted by atomic mass is 32.2. The highest BCUT2D eigenvalue weighted by molar-refractivity contribution is 7.89. The summed E-state index contributed by atoms with van der Waals surface area (Å²) in [5.74, 6) is -0.536. The third-order valence-corrected chi connectivity index (χ3v) is 5.69. The van der Waals surface area contributed by atoms with E-state index in [1.54, 1.807) is 0 Å². The van der Waals surface area contributed by atoms with E-state index in [1.807, 2.05) is 30.3 Å². The SMILES string of the molecule is O=S(=O)(c1cccc(F)c1)N1CCCC1c1ccccc1. The van der Waals surface area contributed by atoms with Crippen LogP contribution in [-0.4, -0.2) is 19.3 Å². The minimum absolute atomic E-state index is 0.0188. The van der Waals surface area contributed by atoms with Crippen LogP contribution in [0.3, 0.4) is 0 Å². The van der Waals surface area contributed by atoms with Crippen LogP contribution in [0.15, 0.2) is 59.5 Å². The van der Waals surface area contributed by atoms with E-state index >= 15 is 0 Å². The van der Waals surface area contributed by atoms with Gasteiger partial charge in [0.1, 0.15) is 5.82 Å². The van der Waals surface area contributed by atoms with Gasteiger partial charge in [-0.15, -0.1) is 0 Å². The molecule has 0 aromatic heterocycles. The summed E-state index contributed by atoms with van der Waals surface area (Å²) in [6.07, 6.45) is 1.60. The summed E-state index contributed by atoms with van der Waals surface area (Å²) in [6, 6.07) is 14.6. The molecule has 0 aliphatic carbocycles. The number of hydrogen-bond donors (Lipinski definition) is 0. The summed E-state index contributed by atoms with van der Waals surface area (Å²) in [5, 5.41) is 0. The number of benzene rings is 2. The van der Waals surface area contributed by atoms with Crippen molar-refractivity contribution in [3.8, 4) is 0 Å². The molecule has 0 amide bonds. The minimum Gasteiger partial charge on any atom is -0.207 e. The maximum absolute atomic E-state index is 13.3. The van der Waals surface area contributed by atoms with Gasteiger partial charge in [-0.2, -0.15) is 4.31 Å². The van der Waals surface area contributed by atoms with Crippen molar-refractivity contribution in [2.45, 2.75) is 23.8 Å². The standard InChI is InChI=1S/C16H16FNO2S/c17-14-8-4-9-15(12-14)21(19,20)18-11-5-10-16(18)13-6-2-1-3-7-13/h1-4,6-9,12,16H,5,10-11H2. The molecular formula is C16H16FNO2S. The predicted octanol–water partition coefficient (Wildman–Crippen LogP) is 3.35. The first-order valence-electron chi connectivity index (χ1n) is 6.91. The second-order valence-electron chi connectivity index (χ2n) is 5.14. The van der Waals surface area contributed by atoms with Crippen molar-refractivity contribution < 1.29 is 12.8 Å². The Kier molecular flexibility index (Phi) is 3.78. The second kappa shape index (κ2) is 5.58. The maximum Gasteiger partial charge on any atom is 0.243 e. The van der Waals surface area contributed by atoms with Crippen LogP contribution in [0.25, 0.3) is 0 Å². The Labute approximate surface area is 124 Å². The van der Waals surface area contributed by atoms with Crippen LogP contribution < -0.4 is 0 Å². The van der Waals surface area contributed by atoms with E-state index in [0.717, 1.165) is 24.5 Å². The molecule has 3 rings (SSSR count). The summed E-state index contributed by atoms with van der Waals surface area (Å²) in [6.45, 7) is 0.471. The lowest BCUT2D eigenvalue weighted by atomic mass is 10.1. The summed E-state index contributed by atoms with van der Waals surface area (Å²) in [7, 11) is -3.67. The molecule has 0 N–H and O–H groups in total. The third kappa shape index (κ3) is 2.71. The van der Waals surface area contributed by atoms with Gasteiger partial charge in [-0.1, -0.05) is 36.4 Å². The molecule has 3 nitrogen and oxygen atoms in total. The van der Waals surface area contributed by atoms with Crippen molar-refractivity contribution in [2.24, 2.45) is 0 Å². The van der Waals surface area contributed by atoms with Crippen LogP contribution in [-0.2, 0) is 10.0 Å². The minimum atomic E-state index is -3.67. The lowest BCUT2D eigenvalue weighted by Gasteiger charge is -2.24. The molecular weight excluding hydrogens is 289 g/mol. The van der Waals surface area contributed by atoms with Gasteiger partial charge in [0.25, 0.3) is 0 Å². The van der Waals surface area contributed by atoms with Gasteiger partial charge in [0, 0.05) is 6.54 Å². The average Bonchev–Trinajstić information content (AvgIpc) is 2.98. The van der Waals surface area contributed by atoms with Gasteiger partial charge < -0.3 is 0 Å². The summed E-state index contributed by atoms with van der Waals surface area (Å²) >= 11 is 0. The van der Waals surface area contributed by atoms with Gasteiger partial charge in [-0.05, 0) is 36.6 Å². The molecule has 0 saturated carbocycles. The van der Waals surface area contributed by atoms with Crippen molar-refractivity contribution >= 4 is 10.0 Å². The van der Waals surface area contributed by atoms with Crippen LogP contribution in [0.4, 0.5) is 4.39 Å². The van der Waals surface area contributed by atoms with E-state index in [9.17, 15) is 12.8 Å². The third-order valence-electron chi connectivity index (χ3n) is 3.79. The van der Waals surface area contributed by atoms with Crippen LogP contribution in [0, 0.1) is 5.82 Å². The first-order chi connectivity index (χ1) is 10.1. The normalized spacial score (nSPS) is 19.8. The molecule has 1 saturated heterocycles. The molecule has 2 aromatic rings. The quantitative estimate of drug-likeness (QED) is 0.872. The van der Waals surface area contributed by atoms with Crippen molar-refractivity contribution in [1.82, 2.24) is 4.31 Å². The maximum atomic E-state index is 13.3. The van der Waals surface area contributed by atoms with Gasteiger partial charge >= 0.3 is 0 Å². The summed E-state index contributed by atoms with van der Waals surface area (Å²) in [5.41, 5.74) is 0.981. The van der Waals surface area contributed by atoms with Gasteiger partial charge in [-0.3, -0.25) is 0 Å². The van der Waals surface area contributed by atoms with Crippen molar-refractivity contribution in [3.05, 3.63) is 66.0 Å². The molecule has 21 heavy (non-hydrogen) atoms. The van der Waals surface area contributed by atoms with E-state index in [2.05, 4.69) is 0 Å². The highest BCUT2D eigenvalue weighted by Gasteiger charge is 2.36. The molecule has 2 aromatic carbocycles. The van der Waals surface area contributed by atoms with Crippen molar-refractivity contribution in [3.63, 3.8) is 0 Å². The molecule has 0 radical (unpaired) electrons. The van der Waals surface area contributed by atoms with E-state index in [-0.39, 0.29) is 10.9 Å². The fraction of sp³-hybridized carbons (Fsp3) is 0.250. The zero-order chi connectivity index (χ0) is 14.9. The molecule has 5 heteroatoms. The largest absolute Gasteiger partial charge is 0.243 e. The number of halogens is 1. The Morgan fingerprint density at radius 2 is 1.81 bits per heavy atom. The molecule has 1 aliphatic heterocycles. The topological polar surface area (TPSA) is 37.4 Å². The molecule has 1 heterocycles. The van der Waals surface area contributed by atoms with Gasteiger partial charge in [-0.25, -0.2) is 12.8 Å². The first-order valence-corrected chi connectivity index (χ1v) is 8.35. The monoisotopic (exact) mass is 305 g/mol. The Bertz CT molecular complexity index is 731. The van der Waals surface area contributed by atoms with Crippen LogP contribution in [0.1, 0.15) is 24.4 Å². The van der Waals surface area contributed by atoms with Crippen LogP contribution in [0.5, 0.6) is 0 Å². The van der Waals surface area contributed by atoms with E-state index in [1.165, 1.54) is 22.5 Å². The molecule has 0 spiro atoms. The molecule has 1 atom stereocenters. The average molecular weight is 305 g/mol. The molecule has 0 bridgehead atoms. The predicted molar refractivity (Wildman–Crippen MR) is 78.7 cm³/mol. The lowest BCUT2D eigenvalue weighted by molar-refractivity contribution is 0.396. The summed E-state index contributed by atoms with van der Waals surface area (Å²) < 4.78 is 40.3. The Balaban J connectivity index is 1.98. The second-order valence-corrected chi connectivity index (χ2v) is 7.03. The van der Waals surface area contributed by atoms with E-state index < -0.39 is 15.8 Å². The fourth-order valence-corrected chi connectivity index (χ4v) is 4.51. The number of rotatable bonds is 3. The molecule has 1 unspecified atom stereocenters. The van der Waals surface area contributed by atoms with Crippen molar-refractivity contribution in [2.75, 3.05) is 6.54 Å². The molecule has 110 valence electrons. The Morgan fingerprint density at radius 3 is 2.52 bits per heavy atom. The van der Waals surface area contributed by atoms with Gasteiger partial charge in [0.15, 0.2) is 0 Å². The molecule has 1 fully saturated rings. The summed E-state index contributed by atoms with van der Waals surface area (Å²) in [4.78, 5) is 0.0188. The van der Waals surface area contributed by atoms with Gasteiger partial charge in [0.2, 0.25) is 10.0 Å². The highest BCUT2D eigenvalue weighted by Crippen LogP contribution is 2.36. The Hall–Kier alpha value is -1.72. The number of sulfonamides is 1. The zero-order valence-electron chi connectivity index (χ0n) is 11.4. The fourth-order valence-electron chi connectivity index (χ4n) is 2.80. The lowest BCUT2D eigenvalue weighted by Crippen LogP contribution is -2.30. The smallest absolute Gasteiger partial charge is 0.207 e. The number of hydrogen-bond acceptors (Lipinski definition) is 2. The van der Waals surface area contributed by atoms with Crippen LogP contribution in [0.2, 0.25) is 0 Å². The van der Waals surface area contributed by atoms with Gasteiger partial charge in [0.05, 0.1) is 10.9 Å². The molecule has 1 aliphatic rings. The number of nitrogens with zero attached hydrogens (tertiary/aromatic N) is 1. The Morgan fingerprint density at radius 1 is 1.05 bits per heavy atom. The first kappa shape index (κ1) is 14.2. The van der Waals surface area contributed by atoms with Crippen molar-refractivity contribution in [1.29, 1.82) is 0 Å². The zero-order valence-corrected chi connectivity index (χ0v) is 12.3. The van der Waals surface area contributed by atoms with E-state index in [4.69, 9.17) is 0 Å². The van der Waals surface area contributed by atoms with E-state index in [0.29, 0.717) is 6.54 Å².